The molecule has 4 rings (SSSR count). The highest BCUT2D eigenvalue weighted by Gasteiger charge is 2.21. The molecule has 0 saturated carbocycles. The molecule has 4 aromatic rings. The summed E-state index contributed by atoms with van der Waals surface area (Å²) in [5.74, 6) is 2.26. The number of nitrogens with one attached hydrogen (secondary N) is 1. The van der Waals surface area contributed by atoms with Gasteiger partial charge in [0.15, 0.2) is 11.5 Å². The lowest BCUT2D eigenvalue weighted by atomic mass is 10.0. The third-order valence-corrected chi connectivity index (χ3v) is 5.67. The maximum atomic E-state index is 12.8. The number of H-pyrrole nitrogens is 1. The lowest BCUT2D eigenvalue weighted by Crippen LogP contribution is -2.07. The number of aryl methyl sites for hydroxylation is 2. The average Bonchev–Trinajstić information content (AvgIpc) is 3.30. The maximum Gasteiger partial charge on any atom is 0.345 e. The molecule has 176 valence electrons. The summed E-state index contributed by atoms with van der Waals surface area (Å²) in [6.45, 7) is 0. The van der Waals surface area contributed by atoms with Crippen molar-refractivity contribution in [2.24, 2.45) is 0 Å². The van der Waals surface area contributed by atoms with Gasteiger partial charge in [0.25, 0.3) is 0 Å². The van der Waals surface area contributed by atoms with Crippen molar-refractivity contribution in [2.75, 3.05) is 28.4 Å². The van der Waals surface area contributed by atoms with Crippen LogP contribution in [0.4, 0.5) is 0 Å². The van der Waals surface area contributed by atoms with E-state index in [1.54, 1.807) is 46.8 Å². The Morgan fingerprint density at radius 1 is 0.794 bits per heavy atom. The first-order valence-corrected chi connectivity index (χ1v) is 10.8. The Labute approximate surface area is 198 Å². The minimum absolute atomic E-state index is 0.402. The molecule has 0 saturated heterocycles. The van der Waals surface area contributed by atoms with Gasteiger partial charge in [0.05, 0.1) is 34.0 Å². The van der Waals surface area contributed by atoms with Crippen molar-refractivity contribution in [3.05, 3.63) is 77.5 Å². The van der Waals surface area contributed by atoms with Crippen LogP contribution in [0.1, 0.15) is 21.5 Å². The smallest absolute Gasteiger partial charge is 0.345 e. The van der Waals surface area contributed by atoms with Crippen molar-refractivity contribution >= 4 is 16.9 Å². The molecule has 0 aliphatic rings. The number of rotatable bonds is 9. The number of hydrogen-bond acceptors (Lipinski definition) is 6. The van der Waals surface area contributed by atoms with Gasteiger partial charge in [-0.05, 0) is 48.7 Å². The van der Waals surface area contributed by atoms with Gasteiger partial charge in [0.1, 0.15) is 5.75 Å². The van der Waals surface area contributed by atoms with Crippen LogP contribution in [0.25, 0.3) is 10.9 Å². The molecule has 1 N–H and O–H groups in total. The van der Waals surface area contributed by atoms with E-state index in [1.165, 1.54) is 0 Å². The first kappa shape index (κ1) is 23.0. The van der Waals surface area contributed by atoms with Crippen LogP contribution >= 0.6 is 0 Å². The fourth-order valence-electron chi connectivity index (χ4n) is 4.01. The van der Waals surface area contributed by atoms with Crippen LogP contribution in [0.15, 0.2) is 60.8 Å². The average molecular weight is 462 g/mol. The molecule has 3 aromatic carbocycles. The summed E-state index contributed by atoms with van der Waals surface area (Å²) in [6.07, 6.45) is 3.06. The molecule has 0 aliphatic heterocycles. The molecule has 0 unspecified atom stereocenters. The van der Waals surface area contributed by atoms with E-state index in [9.17, 15) is 4.79 Å². The molecule has 0 spiro atoms. The summed E-state index contributed by atoms with van der Waals surface area (Å²) < 4.78 is 27.7. The minimum Gasteiger partial charge on any atom is -0.493 e. The summed E-state index contributed by atoms with van der Waals surface area (Å²) in [5, 5.41) is 0.815. The van der Waals surface area contributed by atoms with Gasteiger partial charge >= 0.3 is 5.97 Å². The van der Waals surface area contributed by atoms with E-state index in [1.807, 2.05) is 42.5 Å². The third kappa shape index (κ3) is 4.50. The number of carbonyl (C=O) groups is 1. The second-order valence-corrected chi connectivity index (χ2v) is 7.62. The van der Waals surface area contributed by atoms with E-state index < -0.39 is 5.97 Å². The van der Waals surface area contributed by atoms with Crippen molar-refractivity contribution in [2.45, 2.75) is 12.8 Å². The number of benzene rings is 3. The quantitative estimate of drug-likeness (QED) is 0.272. The molecular weight excluding hydrogens is 434 g/mol. The topological polar surface area (TPSA) is 79.0 Å². The molecule has 1 aromatic heterocycles. The highest BCUT2D eigenvalue weighted by atomic mass is 16.5. The second kappa shape index (κ2) is 10.2. The molecule has 1 heterocycles. The molecule has 0 radical (unpaired) electrons. The fraction of sp³-hybridized carbons (Fsp3) is 0.222. The van der Waals surface area contributed by atoms with Crippen molar-refractivity contribution in [1.29, 1.82) is 0 Å². The first-order valence-electron chi connectivity index (χ1n) is 10.8. The van der Waals surface area contributed by atoms with E-state index in [4.69, 9.17) is 23.7 Å². The second-order valence-electron chi connectivity index (χ2n) is 7.62. The number of esters is 1. The Balaban J connectivity index is 1.60. The van der Waals surface area contributed by atoms with Crippen LogP contribution in [-0.4, -0.2) is 39.4 Å². The number of aromatic nitrogens is 1. The molecule has 7 nitrogen and oxygen atoms in total. The molecule has 0 fully saturated rings. The lowest BCUT2D eigenvalue weighted by molar-refractivity contribution is 0.0737. The van der Waals surface area contributed by atoms with Crippen LogP contribution in [0.3, 0.4) is 0 Å². The van der Waals surface area contributed by atoms with Crippen molar-refractivity contribution < 1.29 is 28.5 Å². The normalized spacial score (nSPS) is 10.7. The zero-order valence-electron chi connectivity index (χ0n) is 19.6. The van der Waals surface area contributed by atoms with E-state index in [0.717, 1.165) is 22.0 Å². The SMILES string of the molecule is COc1cc(CCc2ccc3[nH]cc(C(=O)Oc4ccccc4)c3c2)c(OC)c(OC)c1OC. The number of aromatic amines is 1. The van der Waals surface area contributed by atoms with Gasteiger partial charge in [-0.25, -0.2) is 4.79 Å². The Morgan fingerprint density at radius 2 is 1.53 bits per heavy atom. The van der Waals surface area contributed by atoms with Crippen LogP contribution in [-0.2, 0) is 12.8 Å². The van der Waals surface area contributed by atoms with Gasteiger partial charge in [0.2, 0.25) is 11.5 Å². The lowest BCUT2D eigenvalue weighted by Gasteiger charge is -2.18. The molecule has 0 bridgehead atoms. The number of methoxy groups -OCH3 is 4. The van der Waals surface area contributed by atoms with Crippen LogP contribution < -0.4 is 23.7 Å². The van der Waals surface area contributed by atoms with Crippen molar-refractivity contribution in [3.8, 4) is 28.7 Å². The maximum absolute atomic E-state index is 12.8. The van der Waals surface area contributed by atoms with Gasteiger partial charge in [-0.3, -0.25) is 0 Å². The molecule has 34 heavy (non-hydrogen) atoms. The number of hydrogen-bond donors (Lipinski definition) is 1. The largest absolute Gasteiger partial charge is 0.493 e. The van der Waals surface area contributed by atoms with Crippen molar-refractivity contribution in [1.82, 2.24) is 4.98 Å². The standard InChI is InChI=1S/C27H27NO6/c1-30-23-15-18(24(31-2)26(33-4)25(23)32-3)12-10-17-11-13-22-20(14-17)21(16-28-22)27(29)34-19-8-6-5-7-9-19/h5-9,11,13-16,28H,10,12H2,1-4H3. The van der Waals surface area contributed by atoms with E-state index >= 15 is 0 Å². The van der Waals surface area contributed by atoms with Crippen LogP contribution in [0.2, 0.25) is 0 Å². The predicted molar refractivity (Wildman–Crippen MR) is 130 cm³/mol. The number of para-hydroxylation sites is 1. The number of fused-ring (bicyclic) bond motifs is 1. The third-order valence-electron chi connectivity index (χ3n) is 5.67. The predicted octanol–water partition coefficient (Wildman–Crippen LogP) is 5.21. The van der Waals surface area contributed by atoms with Gasteiger partial charge in [-0.2, -0.15) is 0 Å². The fourth-order valence-corrected chi connectivity index (χ4v) is 4.01. The highest BCUT2D eigenvalue weighted by Crippen LogP contribution is 2.46. The Kier molecular flexibility index (Phi) is 6.92. The Hall–Kier alpha value is -4.13. The minimum atomic E-state index is -0.402. The van der Waals surface area contributed by atoms with E-state index in [2.05, 4.69) is 4.98 Å². The highest BCUT2D eigenvalue weighted by molar-refractivity contribution is 6.05. The summed E-state index contributed by atoms with van der Waals surface area (Å²) >= 11 is 0. The molecular formula is C27H27NO6. The monoisotopic (exact) mass is 461 g/mol. The number of ether oxygens (including phenoxy) is 5. The van der Waals surface area contributed by atoms with Gasteiger partial charge in [-0.1, -0.05) is 24.3 Å². The zero-order valence-corrected chi connectivity index (χ0v) is 19.6. The Bertz CT molecular complexity index is 1300. The van der Waals surface area contributed by atoms with Gasteiger partial charge < -0.3 is 28.7 Å². The van der Waals surface area contributed by atoms with Crippen LogP contribution in [0.5, 0.6) is 28.7 Å². The number of carbonyl (C=O) groups excluding carboxylic acids is 1. The zero-order chi connectivity index (χ0) is 24.1. The Morgan fingerprint density at radius 3 is 2.21 bits per heavy atom. The van der Waals surface area contributed by atoms with Gasteiger partial charge in [0, 0.05) is 22.7 Å². The van der Waals surface area contributed by atoms with Crippen molar-refractivity contribution in [3.63, 3.8) is 0 Å². The molecule has 0 aliphatic carbocycles. The summed E-state index contributed by atoms with van der Waals surface area (Å²) in [4.78, 5) is 15.9. The molecule has 7 heteroatoms. The van der Waals surface area contributed by atoms with E-state index in [-0.39, 0.29) is 0 Å². The molecule has 0 atom stereocenters. The summed E-state index contributed by atoms with van der Waals surface area (Å²) in [7, 11) is 6.32. The summed E-state index contributed by atoms with van der Waals surface area (Å²) in [5.41, 5.74) is 3.35. The van der Waals surface area contributed by atoms with Gasteiger partial charge in [-0.15, -0.1) is 0 Å². The molecule has 0 amide bonds. The van der Waals surface area contributed by atoms with Crippen LogP contribution in [0, 0.1) is 0 Å². The first-order chi connectivity index (χ1) is 16.6. The summed E-state index contributed by atoms with van der Waals surface area (Å²) in [6, 6.07) is 17.0. The van der Waals surface area contributed by atoms with E-state index in [0.29, 0.717) is 47.2 Å².